The van der Waals surface area contributed by atoms with E-state index >= 15 is 0 Å². The van der Waals surface area contributed by atoms with Crippen molar-refractivity contribution in [1.29, 1.82) is 0 Å². The molecule has 3 aliphatic rings. The van der Waals surface area contributed by atoms with Gasteiger partial charge < -0.3 is 10.2 Å². The quantitative estimate of drug-likeness (QED) is 0.914. The topological polar surface area (TPSA) is 61.4 Å². The van der Waals surface area contributed by atoms with E-state index in [0.29, 0.717) is 0 Å². The number of amides is 1. The Morgan fingerprint density at radius 3 is 2.64 bits per heavy atom. The zero-order chi connectivity index (χ0) is 17.4. The molecule has 136 valence electrons. The largest absolute Gasteiger partial charge is 0.373 e. The molecule has 25 heavy (non-hydrogen) atoms. The van der Waals surface area contributed by atoms with Crippen LogP contribution in [0.25, 0.3) is 0 Å². The molecule has 1 saturated heterocycles. The maximum absolute atomic E-state index is 11.9. The van der Waals surface area contributed by atoms with Gasteiger partial charge in [0.1, 0.15) is 5.82 Å². The molecule has 1 amide bonds. The standard InChI is InChI=1S/C19H29N5O/c1-13(25)24-10-5-8-17(24)19-21-16-9-11-23(14-6-3-4-7-14)12-15(16)18(20-2)22-19/h14,17H,3-12H2,1-2H3,(H,20,21,22)/t17-/m0/s1. The Kier molecular flexibility index (Phi) is 4.63. The van der Waals surface area contributed by atoms with Crippen molar-refractivity contribution < 1.29 is 4.79 Å². The molecule has 2 fully saturated rings. The fourth-order valence-electron chi connectivity index (χ4n) is 4.80. The van der Waals surface area contributed by atoms with Crippen molar-refractivity contribution in [2.75, 3.05) is 25.5 Å². The summed E-state index contributed by atoms with van der Waals surface area (Å²) in [4.78, 5) is 26.2. The molecule has 0 bridgehead atoms. The third kappa shape index (κ3) is 3.12. The number of fused-ring (bicyclic) bond motifs is 1. The monoisotopic (exact) mass is 343 g/mol. The lowest BCUT2D eigenvalue weighted by atomic mass is 10.0. The number of hydrogen-bond acceptors (Lipinski definition) is 5. The second kappa shape index (κ2) is 6.90. The highest BCUT2D eigenvalue weighted by Gasteiger charge is 2.33. The van der Waals surface area contributed by atoms with Crippen LogP contribution in [0.5, 0.6) is 0 Å². The zero-order valence-electron chi connectivity index (χ0n) is 15.4. The maximum atomic E-state index is 11.9. The number of rotatable bonds is 3. The molecular formula is C19H29N5O. The van der Waals surface area contributed by atoms with Crippen LogP contribution in [0.2, 0.25) is 0 Å². The molecule has 2 aliphatic heterocycles. The first kappa shape index (κ1) is 16.8. The summed E-state index contributed by atoms with van der Waals surface area (Å²) in [5.41, 5.74) is 2.44. The van der Waals surface area contributed by atoms with E-state index in [4.69, 9.17) is 9.97 Å². The maximum Gasteiger partial charge on any atom is 0.220 e. The number of nitrogens with one attached hydrogen (secondary N) is 1. The molecule has 0 radical (unpaired) electrons. The van der Waals surface area contributed by atoms with Gasteiger partial charge in [-0.3, -0.25) is 9.69 Å². The minimum atomic E-state index is 0.0442. The van der Waals surface area contributed by atoms with Gasteiger partial charge in [0, 0.05) is 51.6 Å². The minimum Gasteiger partial charge on any atom is -0.373 e. The van der Waals surface area contributed by atoms with E-state index in [1.165, 1.54) is 36.9 Å². The number of likely N-dealkylation sites (tertiary alicyclic amines) is 1. The Morgan fingerprint density at radius 2 is 1.92 bits per heavy atom. The Morgan fingerprint density at radius 1 is 1.12 bits per heavy atom. The van der Waals surface area contributed by atoms with Crippen molar-refractivity contribution in [2.24, 2.45) is 0 Å². The molecule has 1 aromatic rings. The molecule has 4 rings (SSSR count). The smallest absolute Gasteiger partial charge is 0.220 e. The molecule has 0 unspecified atom stereocenters. The predicted molar refractivity (Wildman–Crippen MR) is 97.3 cm³/mol. The van der Waals surface area contributed by atoms with Gasteiger partial charge in [-0.25, -0.2) is 9.97 Å². The molecule has 1 aliphatic carbocycles. The summed E-state index contributed by atoms with van der Waals surface area (Å²) in [6.45, 7) is 4.52. The van der Waals surface area contributed by atoms with Crippen molar-refractivity contribution >= 4 is 11.7 Å². The normalized spacial score (nSPS) is 24.6. The number of aromatic nitrogens is 2. The Balaban J connectivity index is 1.62. The van der Waals surface area contributed by atoms with E-state index < -0.39 is 0 Å². The van der Waals surface area contributed by atoms with Gasteiger partial charge in [0.25, 0.3) is 0 Å². The Labute approximate surface area is 150 Å². The first-order valence-corrected chi connectivity index (χ1v) is 9.76. The van der Waals surface area contributed by atoms with Crippen LogP contribution in [0.4, 0.5) is 5.82 Å². The predicted octanol–water partition coefficient (Wildman–Crippen LogP) is 2.50. The third-order valence-electron chi connectivity index (χ3n) is 6.14. The van der Waals surface area contributed by atoms with Gasteiger partial charge in [0.2, 0.25) is 5.91 Å². The molecule has 6 nitrogen and oxygen atoms in total. The molecule has 0 aromatic carbocycles. The van der Waals surface area contributed by atoms with Crippen molar-refractivity contribution in [3.05, 3.63) is 17.1 Å². The number of carbonyl (C=O) groups is 1. The lowest BCUT2D eigenvalue weighted by Crippen LogP contribution is -2.39. The molecule has 6 heteroatoms. The van der Waals surface area contributed by atoms with E-state index in [2.05, 4.69) is 10.2 Å². The summed E-state index contributed by atoms with van der Waals surface area (Å²) >= 11 is 0. The van der Waals surface area contributed by atoms with Crippen molar-refractivity contribution in [3.63, 3.8) is 0 Å². The number of anilines is 1. The first-order chi connectivity index (χ1) is 12.2. The average molecular weight is 343 g/mol. The summed E-state index contributed by atoms with van der Waals surface area (Å²) in [6, 6.07) is 0.781. The zero-order valence-corrected chi connectivity index (χ0v) is 15.4. The van der Waals surface area contributed by atoms with Crippen LogP contribution < -0.4 is 5.32 Å². The van der Waals surface area contributed by atoms with E-state index in [9.17, 15) is 4.79 Å². The van der Waals surface area contributed by atoms with Gasteiger partial charge in [0.05, 0.1) is 11.7 Å². The second-order valence-electron chi connectivity index (χ2n) is 7.63. The molecule has 1 saturated carbocycles. The first-order valence-electron chi connectivity index (χ1n) is 9.76. The van der Waals surface area contributed by atoms with Gasteiger partial charge in [0.15, 0.2) is 5.82 Å². The number of carbonyl (C=O) groups excluding carboxylic acids is 1. The summed E-state index contributed by atoms with van der Waals surface area (Å²) in [5, 5.41) is 3.29. The summed E-state index contributed by atoms with van der Waals surface area (Å²) in [7, 11) is 1.94. The number of hydrogen-bond donors (Lipinski definition) is 1. The van der Waals surface area contributed by atoms with Gasteiger partial charge in [-0.2, -0.15) is 0 Å². The van der Waals surface area contributed by atoms with Gasteiger partial charge >= 0.3 is 0 Å². The summed E-state index contributed by atoms with van der Waals surface area (Å²) in [6.07, 6.45) is 8.39. The fraction of sp³-hybridized carbons (Fsp3) is 0.737. The highest BCUT2D eigenvalue weighted by Crippen LogP contribution is 2.34. The van der Waals surface area contributed by atoms with E-state index in [1.807, 2.05) is 11.9 Å². The average Bonchev–Trinajstić information content (AvgIpc) is 3.31. The summed E-state index contributed by atoms with van der Waals surface area (Å²) in [5.74, 6) is 1.91. The van der Waals surface area contributed by atoms with Crippen LogP contribution in [0.1, 0.15) is 68.6 Å². The summed E-state index contributed by atoms with van der Waals surface area (Å²) < 4.78 is 0. The van der Waals surface area contributed by atoms with Gasteiger partial charge in [-0.05, 0) is 25.7 Å². The van der Waals surface area contributed by atoms with E-state index in [1.54, 1.807) is 6.92 Å². The van der Waals surface area contributed by atoms with Crippen LogP contribution in [-0.2, 0) is 17.8 Å². The highest BCUT2D eigenvalue weighted by molar-refractivity contribution is 5.74. The lowest BCUT2D eigenvalue weighted by molar-refractivity contribution is -0.129. The number of nitrogens with zero attached hydrogens (tertiary/aromatic N) is 4. The van der Waals surface area contributed by atoms with Crippen LogP contribution >= 0.6 is 0 Å². The van der Waals surface area contributed by atoms with Gasteiger partial charge in [-0.15, -0.1) is 0 Å². The van der Waals surface area contributed by atoms with Crippen LogP contribution in [0, 0.1) is 0 Å². The lowest BCUT2D eigenvalue weighted by Gasteiger charge is -2.34. The molecule has 1 N–H and O–H groups in total. The Bertz CT molecular complexity index is 638. The van der Waals surface area contributed by atoms with E-state index in [-0.39, 0.29) is 11.9 Å². The van der Waals surface area contributed by atoms with Crippen LogP contribution in [-0.4, -0.2) is 51.9 Å². The molecule has 3 heterocycles. The minimum absolute atomic E-state index is 0.0442. The second-order valence-corrected chi connectivity index (χ2v) is 7.63. The van der Waals surface area contributed by atoms with Crippen molar-refractivity contribution in [1.82, 2.24) is 19.8 Å². The Hall–Kier alpha value is -1.69. The van der Waals surface area contributed by atoms with Crippen molar-refractivity contribution in [2.45, 2.75) is 70.5 Å². The van der Waals surface area contributed by atoms with Crippen molar-refractivity contribution in [3.8, 4) is 0 Å². The molecule has 1 aromatic heterocycles. The van der Waals surface area contributed by atoms with E-state index in [0.717, 1.165) is 56.6 Å². The third-order valence-corrected chi connectivity index (χ3v) is 6.14. The SMILES string of the molecule is CNc1nc([C@@H]2CCCN2C(C)=O)nc2c1CN(C1CCCC1)CC2. The fourth-order valence-corrected chi connectivity index (χ4v) is 4.80. The molecule has 1 atom stereocenters. The van der Waals surface area contributed by atoms with Crippen LogP contribution in [0.3, 0.4) is 0 Å². The molecule has 0 spiro atoms. The van der Waals surface area contributed by atoms with Gasteiger partial charge in [-0.1, -0.05) is 12.8 Å². The highest BCUT2D eigenvalue weighted by atomic mass is 16.2. The van der Waals surface area contributed by atoms with Crippen LogP contribution in [0.15, 0.2) is 0 Å². The molecular weight excluding hydrogens is 314 g/mol.